The Kier molecular flexibility index (Phi) is 8.05. The summed E-state index contributed by atoms with van der Waals surface area (Å²) in [5.41, 5.74) is 3.12. The molecule has 5 nitrogen and oxygen atoms in total. The smallest absolute Gasteiger partial charge is 0.264 e. The minimum Gasteiger partial charge on any atom is -0.350 e. The number of halogens is 2. The molecule has 0 radical (unpaired) electrons. The highest BCUT2D eigenvalue weighted by Crippen LogP contribution is 2.26. The van der Waals surface area contributed by atoms with Gasteiger partial charge in [-0.05, 0) is 60.4 Å². The van der Waals surface area contributed by atoms with Gasteiger partial charge in [-0.3, -0.25) is 9.10 Å². The molecule has 0 fully saturated rings. The van der Waals surface area contributed by atoms with Gasteiger partial charge in [0.05, 0.1) is 10.6 Å². The molecule has 0 aliphatic heterocycles. The first-order chi connectivity index (χ1) is 15.6. The van der Waals surface area contributed by atoms with Crippen molar-refractivity contribution >= 4 is 44.8 Å². The molecule has 0 saturated heterocycles. The maximum atomic E-state index is 13.5. The number of nitrogens with zero attached hydrogens (tertiary/aromatic N) is 1. The second-order valence-corrected chi connectivity index (χ2v) is 10.8. The summed E-state index contributed by atoms with van der Waals surface area (Å²) in [6.45, 7) is 5.78. The van der Waals surface area contributed by atoms with Gasteiger partial charge < -0.3 is 5.32 Å². The fourth-order valence-electron chi connectivity index (χ4n) is 3.22. The van der Waals surface area contributed by atoms with Gasteiger partial charge >= 0.3 is 0 Å². The molecule has 1 amide bonds. The molecular weight excluding hydrogens is 479 g/mol. The Bertz CT molecular complexity index is 1230. The van der Waals surface area contributed by atoms with Crippen LogP contribution in [0, 0.1) is 6.92 Å². The van der Waals surface area contributed by atoms with E-state index < -0.39 is 15.9 Å². The molecule has 0 spiro atoms. The molecule has 8 heteroatoms. The van der Waals surface area contributed by atoms with Crippen LogP contribution in [-0.4, -0.2) is 20.9 Å². The van der Waals surface area contributed by atoms with Gasteiger partial charge in [0.25, 0.3) is 10.0 Å². The van der Waals surface area contributed by atoms with Crippen LogP contribution in [-0.2, 0) is 21.4 Å². The third-order valence-electron chi connectivity index (χ3n) is 5.24. The first-order valence-electron chi connectivity index (χ1n) is 10.5. The van der Waals surface area contributed by atoms with Crippen molar-refractivity contribution in [2.24, 2.45) is 0 Å². The number of amides is 1. The minimum absolute atomic E-state index is 0.120. The van der Waals surface area contributed by atoms with Crippen molar-refractivity contribution in [1.29, 1.82) is 0 Å². The van der Waals surface area contributed by atoms with Crippen molar-refractivity contribution in [3.05, 3.63) is 93.5 Å². The Labute approximate surface area is 205 Å². The molecule has 3 rings (SSSR count). The first kappa shape index (κ1) is 25.1. The average Bonchev–Trinajstić information content (AvgIpc) is 2.77. The number of carbonyl (C=O) groups excluding carboxylic acids is 1. The highest BCUT2D eigenvalue weighted by atomic mass is 35.5. The van der Waals surface area contributed by atoms with Crippen LogP contribution in [0.25, 0.3) is 0 Å². The normalized spacial score (nSPS) is 11.5. The predicted molar refractivity (Wildman–Crippen MR) is 135 cm³/mol. The van der Waals surface area contributed by atoms with E-state index in [1.165, 1.54) is 0 Å². The number of carbonyl (C=O) groups is 1. The molecule has 0 bridgehead atoms. The predicted octanol–water partition coefficient (Wildman–Crippen LogP) is 5.94. The molecule has 3 aromatic rings. The van der Waals surface area contributed by atoms with Gasteiger partial charge in [0.1, 0.15) is 6.54 Å². The van der Waals surface area contributed by atoms with E-state index in [9.17, 15) is 13.2 Å². The molecule has 33 heavy (non-hydrogen) atoms. The van der Waals surface area contributed by atoms with Crippen LogP contribution in [0.15, 0.2) is 71.6 Å². The van der Waals surface area contributed by atoms with E-state index in [-0.39, 0.29) is 18.0 Å². The molecule has 0 atom stereocenters. The standard InChI is InChI=1S/C25H26Cl2N2O3S/c1-17(2)19-7-10-22(11-8-19)29(33(31,32)23-12-4-18(3)5-13-23)16-25(30)28-15-20-6-9-21(26)14-24(20)27/h4-14,17H,15-16H2,1-3H3,(H,28,30). The van der Waals surface area contributed by atoms with Crippen molar-refractivity contribution < 1.29 is 13.2 Å². The fourth-order valence-corrected chi connectivity index (χ4v) is 5.12. The maximum absolute atomic E-state index is 13.5. The molecule has 0 aromatic heterocycles. The minimum atomic E-state index is -3.97. The zero-order valence-corrected chi connectivity index (χ0v) is 21.0. The average molecular weight is 505 g/mol. The summed E-state index contributed by atoms with van der Waals surface area (Å²) in [6, 6.07) is 18.8. The number of anilines is 1. The molecule has 0 saturated carbocycles. The molecule has 0 aliphatic carbocycles. The van der Waals surface area contributed by atoms with Gasteiger partial charge in [-0.1, -0.05) is 72.9 Å². The number of benzene rings is 3. The zero-order valence-electron chi connectivity index (χ0n) is 18.7. The van der Waals surface area contributed by atoms with Gasteiger partial charge in [0.2, 0.25) is 5.91 Å². The molecule has 1 N–H and O–H groups in total. The van der Waals surface area contributed by atoms with E-state index in [1.54, 1.807) is 54.6 Å². The van der Waals surface area contributed by atoms with Gasteiger partial charge in [-0.2, -0.15) is 0 Å². The summed E-state index contributed by atoms with van der Waals surface area (Å²) in [7, 11) is -3.97. The monoisotopic (exact) mass is 504 g/mol. The van der Waals surface area contributed by atoms with Crippen molar-refractivity contribution in [2.75, 3.05) is 10.8 Å². The van der Waals surface area contributed by atoms with Crippen LogP contribution in [0.5, 0.6) is 0 Å². The summed E-state index contributed by atoms with van der Waals surface area (Å²) in [4.78, 5) is 12.9. The maximum Gasteiger partial charge on any atom is 0.264 e. The summed E-state index contributed by atoms with van der Waals surface area (Å²) in [5, 5.41) is 3.67. The van der Waals surface area contributed by atoms with Crippen molar-refractivity contribution in [3.8, 4) is 0 Å². The zero-order chi connectivity index (χ0) is 24.2. The van der Waals surface area contributed by atoms with E-state index >= 15 is 0 Å². The van der Waals surface area contributed by atoms with Gasteiger partial charge in [0, 0.05) is 16.6 Å². The summed E-state index contributed by atoms with van der Waals surface area (Å²) in [5.74, 6) is -0.154. The topological polar surface area (TPSA) is 66.5 Å². The van der Waals surface area contributed by atoms with Gasteiger partial charge in [0.15, 0.2) is 0 Å². The van der Waals surface area contributed by atoms with E-state index in [1.807, 2.05) is 19.1 Å². The number of hydrogen-bond donors (Lipinski definition) is 1. The summed E-state index contributed by atoms with van der Waals surface area (Å²) >= 11 is 12.1. The Morgan fingerprint density at radius 3 is 2.18 bits per heavy atom. The first-order valence-corrected chi connectivity index (χ1v) is 12.7. The van der Waals surface area contributed by atoms with E-state index in [0.29, 0.717) is 27.2 Å². The van der Waals surface area contributed by atoms with Crippen LogP contribution >= 0.6 is 23.2 Å². The Morgan fingerprint density at radius 1 is 0.970 bits per heavy atom. The lowest BCUT2D eigenvalue weighted by atomic mass is 10.0. The molecular formula is C25H26Cl2N2O3S. The quantitative estimate of drug-likeness (QED) is 0.412. The summed E-state index contributed by atoms with van der Waals surface area (Å²) in [6.07, 6.45) is 0. The number of nitrogens with one attached hydrogen (secondary N) is 1. The second-order valence-electron chi connectivity index (χ2n) is 8.08. The van der Waals surface area contributed by atoms with Crippen LogP contribution in [0.3, 0.4) is 0 Å². The summed E-state index contributed by atoms with van der Waals surface area (Å²) < 4.78 is 28.1. The third kappa shape index (κ3) is 6.28. The number of aryl methyl sites for hydroxylation is 1. The Balaban J connectivity index is 1.87. The van der Waals surface area contributed by atoms with E-state index in [0.717, 1.165) is 15.4 Å². The largest absolute Gasteiger partial charge is 0.350 e. The lowest BCUT2D eigenvalue weighted by Crippen LogP contribution is -2.40. The lowest BCUT2D eigenvalue weighted by molar-refractivity contribution is -0.119. The molecule has 0 heterocycles. The van der Waals surface area contributed by atoms with Crippen molar-refractivity contribution in [2.45, 2.75) is 38.1 Å². The fraction of sp³-hybridized carbons (Fsp3) is 0.240. The number of rotatable bonds is 8. The third-order valence-corrected chi connectivity index (χ3v) is 7.61. The Hall–Kier alpha value is -2.54. The van der Waals surface area contributed by atoms with Crippen LogP contribution in [0.1, 0.15) is 36.5 Å². The molecule has 0 unspecified atom stereocenters. The lowest BCUT2D eigenvalue weighted by Gasteiger charge is -2.24. The van der Waals surface area contributed by atoms with Crippen LogP contribution in [0.4, 0.5) is 5.69 Å². The Morgan fingerprint density at radius 2 is 1.61 bits per heavy atom. The van der Waals surface area contributed by atoms with E-state index in [2.05, 4.69) is 19.2 Å². The molecule has 3 aromatic carbocycles. The number of sulfonamides is 1. The van der Waals surface area contributed by atoms with Crippen LogP contribution < -0.4 is 9.62 Å². The SMILES string of the molecule is Cc1ccc(S(=O)(=O)N(CC(=O)NCc2ccc(Cl)cc2Cl)c2ccc(C(C)C)cc2)cc1. The van der Waals surface area contributed by atoms with Gasteiger partial charge in [-0.25, -0.2) is 8.42 Å². The van der Waals surface area contributed by atoms with Crippen molar-refractivity contribution in [3.63, 3.8) is 0 Å². The highest BCUT2D eigenvalue weighted by molar-refractivity contribution is 7.92. The molecule has 174 valence electrons. The highest BCUT2D eigenvalue weighted by Gasteiger charge is 2.27. The molecule has 0 aliphatic rings. The van der Waals surface area contributed by atoms with Crippen LogP contribution in [0.2, 0.25) is 10.0 Å². The van der Waals surface area contributed by atoms with Gasteiger partial charge in [-0.15, -0.1) is 0 Å². The second kappa shape index (κ2) is 10.6. The van der Waals surface area contributed by atoms with E-state index in [4.69, 9.17) is 23.2 Å². The van der Waals surface area contributed by atoms with Crippen molar-refractivity contribution in [1.82, 2.24) is 5.32 Å². The number of hydrogen-bond acceptors (Lipinski definition) is 3.